The minimum absolute atomic E-state index is 0.181. The Bertz CT molecular complexity index is 824. The molecule has 0 radical (unpaired) electrons. The number of nitrogens with one attached hydrogen (secondary N) is 3. The highest BCUT2D eigenvalue weighted by molar-refractivity contribution is 5.40. The van der Waals surface area contributed by atoms with Crippen LogP contribution in [0.2, 0.25) is 0 Å². The molecule has 0 spiro atoms. The molecule has 5 unspecified atom stereocenters. The maximum absolute atomic E-state index is 10.0. The maximum Gasteiger partial charge on any atom is 0.128 e. The van der Waals surface area contributed by atoms with Crippen LogP contribution < -0.4 is 21.1 Å². The molecule has 0 bridgehead atoms. The van der Waals surface area contributed by atoms with Crippen molar-refractivity contribution >= 4 is 5.82 Å². The number of β-amino-alcohol motifs (C(OH)–C–C–N with tert-alkyl or cyclic N) is 1. The van der Waals surface area contributed by atoms with E-state index in [2.05, 4.69) is 50.6 Å². The molecule has 5 atom stereocenters. The van der Waals surface area contributed by atoms with E-state index in [-0.39, 0.29) is 12.1 Å². The van der Waals surface area contributed by atoms with Crippen molar-refractivity contribution in [3.05, 3.63) is 41.9 Å². The summed E-state index contributed by atoms with van der Waals surface area (Å²) in [5, 5.41) is 18.0. The van der Waals surface area contributed by atoms with Crippen molar-refractivity contribution in [3.63, 3.8) is 0 Å². The highest BCUT2D eigenvalue weighted by Gasteiger charge is 2.42. The Morgan fingerprint density at radius 1 is 1.25 bits per heavy atom. The highest BCUT2D eigenvalue weighted by atomic mass is 16.3. The number of aliphatic hydroxyl groups is 1. The van der Waals surface area contributed by atoms with Gasteiger partial charge in [0.15, 0.2) is 0 Å². The third-order valence-corrected chi connectivity index (χ3v) is 6.38. The van der Waals surface area contributed by atoms with E-state index in [0.29, 0.717) is 24.5 Å². The van der Waals surface area contributed by atoms with Crippen LogP contribution in [-0.2, 0) is 7.05 Å². The molecule has 5 heterocycles. The van der Waals surface area contributed by atoms with Crippen LogP contribution in [0.3, 0.4) is 0 Å². The lowest BCUT2D eigenvalue weighted by molar-refractivity contribution is 0.154. The van der Waals surface area contributed by atoms with E-state index in [1.165, 1.54) is 5.56 Å². The van der Waals surface area contributed by atoms with Crippen LogP contribution in [0.1, 0.15) is 42.6 Å². The van der Waals surface area contributed by atoms with E-state index >= 15 is 0 Å². The van der Waals surface area contributed by atoms with E-state index in [1.807, 2.05) is 17.9 Å². The summed E-state index contributed by atoms with van der Waals surface area (Å²) < 4.78 is 1.86. The standard InChI is InChI=1S/C20H29N7O/c1-26-11-13(9-22-26)17-8-15-18(10-21-17)24-25-20(15)16-5-2-6-19(23-16)27-7-3-4-14(28)12-27/h2,5-6,9,11,14-15,17-18,20-21,24-25,28H,3-4,7-8,10,12H2,1H3. The number of anilines is 1. The van der Waals surface area contributed by atoms with Gasteiger partial charge in [-0.3, -0.25) is 10.1 Å². The lowest BCUT2D eigenvalue weighted by Crippen LogP contribution is -2.46. The van der Waals surface area contributed by atoms with Crippen LogP contribution in [0.25, 0.3) is 0 Å². The van der Waals surface area contributed by atoms with Crippen LogP contribution in [0, 0.1) is 5.92 Å². The smallest absolute Gasteiger partial charge is 0.128 e. The normalized spacial score (nSPS) is 33.1. The van der Waals surface area contributed by atoms with Gasteiger partial charge in [-0.2, -0.15) is 5.10 Å². The molecule has 3 saturated heterocycles. The van der Waals surface area contributed by atoms with Crippen LogP contribution in [-0.4, -0.2) is 51.7 Å². The molecule has 3 aliphatic rings. The Kier molecular flexibility index (Phi) is 4.80. The van der Waals surface area contributed by atoms with Gasteiger partial charge in [-0.05, 0) is 31.4 Å². The monoisotopic (exact) mass is 383 g/mol. The van der Waals surface area contributed by atoms with Gasteiger partial charge >= 0.3 is 0 Å². The van der Waals surface area contributed by atoms with E-state index in [9.17, 15) is 5.11 Å². The number of aryl methyl sites for hydroxylation is 1. The molecule has 2 aromatic rings. The summed E-state index contributed by atoms with van der Waals surface area (Å²) in [7, 11) is 1.96. The molecule has 150 valence electrons. The zero-order valence-electron chi connectivity index (χ0n) is 16.3. The number of rotatable bonds is 3. The van der Waals surface area contributed by atoms with Crippen LogP contribution in [0.15, 0.2) is 30.6 Å². The summed E-state index contributed by atoms with van der Waals surface area (Å²) >= 11 is 0. The fraction of sp³-hybridized carbons (Fsp3) is 0.600. The summed E-state index contributed by atoms with van der Waals surface area (Å²) in [6, 6.07) is 7.16. The number of fused-ring (bicyclic) bond motifs is 1. The number of aromatic nitrogens is 3. The average Bonchev–Trinajstić information content (AvgIpc) is 3.34. The molecular weight excluding hydrogens is 354 g/mol. The minimum Gasteiger partial charge on any atom is -0.391 e. The van der Waals surface area contributed by atoms with Gasteiger partial charge in [0.05, 0.1) is 24.0 Å². The first-order valence-electron chi connectivity index (χ1n) is 10.3. The lowest BCUT2D eigenvalue weighted by atomic mass is 9.82. The molecule has 3 aliphatic heterocycles. The fourth-order valence-corrected chi connectivity index (χ4v) is 4.89. The third-order valence-electron chi connectivity index (χ3n) is 6.38. The Labute approximate surface area is 165 Å². The first-order valence-corrected chi connectivity index (χ1v) is 10.3. The van der Waals surface area contributed by atoms with E-state index in [1.54, 1.807) is 0 Å². The molecule has 0 amide bonds. The van der Waals surface area contributed by atoms with Crippen molar-refractivity contribution in [2.75, 3.05) is 24.5 Å². The molecule has 2 aromatic heterocycles. The van der Waals surface area contributed by atoms with Crippen molar-refractivity contribution in [3.8, 4) is 0 Å². The van der Waals surface area contributed by atoms with Gasteiger partial charge in [0, 0.05) is 56.4 Å². The van der Waals surface area contributed by atoms with Crippen molar-refractivity contribution < 1.29 is 5.11 Å². The number of aliphatic hydroxyl groups excluding tert-OH is 1. The summed E-state index contributed by atoms with van der Waals surface area (Å²) in [4.78, 5) is 7.19. The SMILES string of the molecule is Cn1cc(C2CC3C(CN2)NNC3c2cccc(N3CCCC(O)C3)n2)cn1. The molecule has 3 fully saturated rings. The maximum atomic E-state index is 10.0. The van der Waals surface area contributed by atoms with Crippen LogP contribution in [0.5, 0.6) is 0 Å². The second kappa shape index (κ2) is 7.44. The van der Waals surface area contributed by atoms with Crippen LogP contribution in [0.4, 0.5) is 5.82 Å². The van der Waals surface area contributed by atoms with E-state index in [4.69, 9.17) is 4.98 Å². The molecule has 0 saturated carbocycles. The molecule has 5 rings (SSSR count). The zero-order valence-corrected chi connectivity index (χ0v) is 16.3. The number of nitrogens with zero attached hydrogens (tertiary/aromatic N) is 4. The number of hydrazine groups is 1. The largest absolute Gasteiger partial charge is 0.391 e. The van der Waals surface area contributed by atoms with Gasteiger partial charge < -0.3 is 15.3 Å². The topological polar surface area (TPSA) is 90.3 Å². The quantitative estimate of drug-likeness (QED) is 0.619. The predicted octanol–water partition coefficient (Wildman–Crippen LogP) is 0.645. The molecular formula is C20H29N7O. The Balaban J connectivity index is 1.35. The minimum atomic E-state index is -0.250. The Morgan fingerprint density at radius 2 is 2.18 bits per heavy atom. The molecule has 0 aromatic carbocycles. The van der Waals surface area contributed by atoms with Gasteiger partial charge in [-0.25, -0.2) is 10.4 Å². The molecule has 8 heteroatoms. The molecule has 4 N–H and O–H groups in total. The fourth-order valence-electron chi connectivity index (χ4n) is 4.89. The number of hydrogen-bond acceptors (Lipinski definition) is 7. The van der Waals surface area contributed by atoms with Gasteiger partial charge in [-0.1, -0.05) is 6.07 Å². The second-order valence-electron chi connectivity index (χ2n) is 8.34. The Hall–Kier alpha value is -2.00. The van der Waals surface area contributed by atoms with Gasteiger partial charge in [-0.15, -0.1) is 0 Å². The number of pyridine rings is 1. The average molecular weight is 384 g/mol. The van der Waals surface area contributed by atoms with Crippen molar-refractivity contribution in [1.29, 1.82) is 0 Å². The molecule has 8 nitrogen and oxygen atoms in total. The predicted molar refractivity (Wildman–Crippen MR) is 107 cm³/mol. The molecule has 28 heavy (non-hydrogen) atoms. The third kappa shape index (κ3) is 3.41. The van der Waals surface area contributed by atoms with Crippen molar-refractivity contribution in [1.82, 2.24) is 30.9 Å². The van der Waals surface area contributed by atoms with E-state index < -0.39 is 0 Å². The van der Waals surface area contributed by atoms with Gasteiger partial charge in [0.25, 0.3) is 0 Å². The number of piperidine rings is 2. The lowest BCUT2D eigenvalue weighted by Gasteiger charge is -2.34. The number of hydrogen-bond donors (Lipinski definition) is 4. The Morgan fingerprint density at radius 3 is 3.00 bits per heavy atom. The summed E-state index contributed by atoms with van der Waals surface area (Å²) in [5.74, 6) is 1.43. The van der Waals surface area contributed by atoms with Gasteiger partial charge in [0.2, 0.25) is 0 Å². The first-order chi connectivity index (χ1) is 13.7. The van der Waals surface area contributed by atoms with Crippen molar-refractivity contribution in [2.24, 2.45) is 13.0 Å². The summed E-state index contributed by atoms with van der Waals surface area (Å²) in [6.07, 6.45) is 6.75. The first kappa shape index (κ1) is 18.1. The summed E-state index contributed by atoms with van der Waals surface area (Å²) in [5.41, 5.74) is 9.27. The second-order valence-corrected chi connectivity index (χ2v) is 8.34. The zero-order chi connectivity index (χ0) is 19.1. The van der Waals surface area contributed by atoms with Crippen molar-refractivity contribution in [2.45, 2.75) is 43.5 Å². The van der Waals surface area contributed by atoms with Gasteiger partial charge in [0.1, 0.15) is 5.82 Å². The van der Waals surface area contributed by atoms with E-state index in [0.717, 1.165) is 43.9 Å². The highest BCUT2D eigenvalue weighted by Crippen LogP contribution is 2.38. The molecule has 0 aliphatic carbocycles. The van der Waals surface area contributed by atoms with Crippen LogP contribution >= 0.6 is 0 Å². The summed E-state index contributed by atoms with van der Waals surface area (Å²) in [6.45, 7) is 2.56.